The molecule has 0 spiro atoms. The van der Waals surface area contributed by atoms with Gasteiger partial charge in [-0.25, -0.2) is 4.79 Å². The molecule has 1 amide bonds. The van der Waals surface area contributed by atoms with E-state index in [2.05, 4.69) is 15.5 Å². The molecule has 0 aliphatic rings. The number of hydrogen-bond acceptors (Lipinski definition) is 4. The van der Waals surface area contributed by atoms with Gasteiger partial charge < -0.3 is 10.3 Å². The van der Waals surface area contributed by atoms with E-state index in [1.54, 1.807) is 6.92 Å². The number of anilines is 1. The maximum atomic E-state index is 10.3. The van der Waals surface area contributed by atoms with Crippen molar-refractivity contribution in [3.8, 4) is 0 Å². The molecule has 1 rings (SSSR count). The number of aryl methyl sites for hydroxylation is 1. The monoisotopic (exact) mass is 195 g/mol. The lowest BCUT2D eigenvalue weighted by Gasteiger charge is -2.03. The van der Waals surface area contributed by atoms with E-state index in [1.165, 1.54) is 18.5 Å². The Hall–Kier alpha value is -2.11. The van der Waals surface area contributed by atoms with Crippen molar-refractivity contribution in [2.45, 2.75) is 6.92 Å². The summed E-state index contributed by atoms with van der Waals surface area (Å²) in [5, 5.41) is 21.7. The number of aromatic nitrogens is 1. The summed E-state index contributed by atoms with van der Waals surface area (Å²) in [7, 11) is 0. The fourth-order valence-electron chi connectivity index (χ4n) is 0.935. The predicted octanol–water partition coefficient (Wildman–Crippen LogP) is 1.29. The maximum absolute atomic E-state index is 10.3. The Kier molecular flexibility index (Phi) is 3.01. The third-order valence-electron chi connectivity index (χ3n) is 1.57. The quantitative estimate of drug-likeness (QED) is 0.376. The lowest BCUT2D eigenvalue weighted by Crippen LogP contribution is -2.08. The molecule has 0 saturated carbocycles. The van der Waals surface area contributed by atoms with Gasteiger partial charge in [0.25, 0.3) is 0 Å². The highest BCUT2D eigenvalue weighted by molar-refractivity contribution is 5.86. The molecule has 0 fully saturated rings. The van der Waals surface area contributed by atoms with Gasteiger partial charge in [-0.05, 0) is 13.0 Å². The molecule has 0 aromatic carbocycles. The second-order valence-electron chi connectivity index (χ2n) is 2.57. The number of pyridine rings is 1. The highest BCUT2D eigenvalue weighted by atomic mass is 16.4. The zero-order valence-corrected chi connectivity index (χ0v) is 7.43. The van der Waals surface area contributed by atoms with E-state index in [-0.39, 0.29) is 0 Å². The largest absolute Gasteiger partial charge is 0.465 e. The summed E-state index contributed by atoms with van der Waals surface area (Å²) in [5.74, 6) is 0. The minimum atomic E-state index is -1.16. The normalized spacial score (nSPS) is 10.4. The fraction of sp³-hybridized carbons (Fsp3) is 0.125. The Bertz CT molecular complexity index is 376. The molecule has 3 N–H and O–H groups in total. The molecule has 6 heteroatoms. The Morgan fingerprint density at radius 2 is 2.43 bits per heavy atom. The van der Waals surface area contributed by atoms with Gasteiger partial charge in [-0.2, -0.15) is 0 Å². The smallest absolute Gasteiger partial charge is 0.409 e. The van der Waals surface area contributed by atoms with Crippen LogP contribution in [-0.4, -0.2) is 27.6 Å². The molecule has 0 unspecified atom stereocenters. The minimum Gasteiger partial charge on any atom is -0.465 e. The van der Waals surface area contributed by atoms with Crippen molar-refractivity contribution < 1.29 is 15.1 Å². The molecule has 0 bridgehead atoms. The van der Waals surface area contributed by atoms with E-state index < -0.39 is 6.09 Å². The molecule has 1 heterocycles. The third kappa shape index (κ3) is 2.44. The molecule has 0 aliphatic carbocycles. The lowest BCUT2D eigenvalue weighted by molar-refractivity contribution is 0.209. The Morgan fingerprint density at radius 3 is 3.00 bits per heavy atom. The summed E-state index contributed by atoms with van der Waals surface area (Å²) in [6.45, 7) is 1.72. The highest BCUT2D eigenvalue weighted by Crippen LogP contribution is 2.10. The molecular weight excluding hydrogens is 186 g/mol. The van der Waals surface area contributed by atoms with Crippen LogP contribution in [0.25, 0.3) is 0 Å². The summed E-state index contributed by atoms with van der Waals surface area (Å²) in [6.07, 6.45) is 1.41. The van der Waals surface area contributed by atoms with Crippen LogP contribution in [0.2, 0.25) is 0 Å². The first-order valence-electron chi connectivity index (χ1n) is 3.77. The SMILES string of the molecule is Cc1ncc(NC(=O)O)cc1/C=N\O. The molecule has 0 aliphatic heterocycles. The van der Waals surface area contributed by atoms with Crippen molar-refractivity contribution in [1.82, 2.24) is 4.98 Å². The number of oxime groups is 1. The Labute approximate surface area is 79.9 Å². The van der Waals surface area contributed by atoms with Crippen molar-refractivity contribution in [3.63, 3.8) is 0 Å². The van der Waals surface area contributed by atoms with Gasteiger partial charge in [0.1, 0.15) is 0 Å². The van der Waals surface area contributed by atoms with E-state index in [0.29, 0.717) is 16.9 Å². The number of hydrogen-bond donors (Lipinski definition) is 3. The molecular formula is C8H9N3O3. The minimum absolute atomic E-state index is 0.331. The first-order valence-corrected chi connectivity index (χ1v) is 3.77. The van der Waals surface area contributed by atoms with Gasteiger partial charge >= 0.3 is 6.09 Å². The zero-order valence-electron chi connectivity index (χ0n) is 7.43. The number of amides is 1. The highest BCUT2D eigenvalue weighted by Gasteiger charge is 2.02. The second-order valence-corrected chi connectivity index (χ2v) is 2.57. The molecule has 1 aromatic rings. The third-order valence-corrected chi connectivity index (χ3v) is 1.57. The van der Waals surface area contributed by atoms with E-state index >= 15 is 0 Å². The molecule has 0 saturated heterocycles. The Balaban J connectivity index is 3.00. The number of carboxylic acid groups (broad SMARTS) is 1. The summed E-state index contributed by atoms with van der Waals surface area (Å²) in [6, 6.07) is 1.52. The fourth-order valence-corrected chi connectivity index (χ4v) is 0.935. The van der Waals surface area contributed by atoms with E-state index in [9.17, 15) is 4.79 Å². The lowest BCUT2D eigenvalue weighted by atomic mass is 10.2. The maximum Gasteiger partial charge on any atom is 0.409 e. The van der Waals surface area contributed by atoms with Crippen LogP contribution in [0.15, 0.2) is 17.4 Å². The number of carbonyl (C=O) groups is 1. The molecule has 74 valence electrons. The predicted molar refractivity (Wildman–Crippen MR) is 50.0 cm³/mol. The van der Waals surface area contributed by atoms with Crippen molar-refractivity contribution in [2.24, 2.45) is 5.16 Å². The van der Waals surface area contributed by atoms with Crippen LogP contribution in [0.3, 0.4) is 0 Å². The Morgan fingerprint density at radius 1 is 1.71 bits per heavy atom. The number of nitrogens with one attached hydrogen (secondary N) is 1. The van der Waals surface area contributed by atoms with Gasteiger partial charge in [0.05, 0.1) is 18.1 Å². The zero-order chi connectivity index (χ0) is 10.6. The first kappa shape index (κ1) is 9.97. The first-order chi connectivity index (χ1) is 6.63. The summed E-state index contributed by atoms with van der Waals surface area (Å²) in [5.41, 5.74) is 1.54. The standard InChI is InChI=1S/C8H9N3O3/c1-5-6(3-10-14)2-7(4-9-5)11-8(12)13/h2-4,11,14H,1H3,(H,12,13)/b10-3-. The van der Waals surface area contributed by atoms with Gasteiger partial charge in [0, 0.05) is 11.3 Å². The van der Waals surface area contributed by atoms with Gasteiger partial charge in [0.2, 0.25) is 0 Å². The van der Waals surface area contributed by atoms with Crippen LogP contribution in [0, 0.1) is 6.92 Å². The van der Waals surface area contributed by atoms with Crippen LogP contribution in [0.4, 0.5) is 10.5 Å². The summed E-state index contributed by atoms with van der Waals surface area (Å²) >= 11 is 0. The summed E-state index contributed by atoms with van der Waals surface area (Å²) in [4.78, 5) is 14.2. The van der Waals surface area contributed by atoms with Crippen LogP contribution in [0.5, 0.6) is 0 Å². The van der Waals surface area contributed by atoms with Crippen molar-refractivity contribution in [3.05, 3.63) is 23.5 Å². The van der Waals surface area contributed by atoms with E-state index in [0.717, 1.165) is 0 Å². The molecule has 1 aromatic heterocycles. The van der Waals surface area contributed by atoms with Crippen molar-refractivity contribution in [1.29, 1.82) is 0 Å². The number of rotatable bonds is 2. The summed E-state index contributed by atoms with van der Waals surface area (Å²) < 4.78 is 0. The molecule has 6 nitrogen and oxygen atoms in total. The van der Waals surface area contributed by atoms with Crippen LogP contribution >= 0.6 is 0 Å². The van der Waals surface area contributed by atoms with Crippen LogP contribution in [0.1, 0.15) is 11.3 Å². The molecule has 0 atom stereocenters. The van der Waals surface area contributed by atoms with Crippen molar-refractivity contribution >= 4 is 18.0 Å². The van der Waals surface area contributed by atoms with Gasteiger partial charge in [0.15, 0.2) is 0 Å². The van der Waals surface area contributed by atoms with Crippen LogP contribution in [-0.2, 0) is 0 Å². The van der Waals surface area contributed by atoms with Gasteiger partial charge in [-0.3, -0.25) is 10.3 Å². The van der Waals surface area contributed by atoms with Gasteiger partial charge in [-0.1, -0.05) is 5.16 Å². The average Bonchev–Trinajstić information content (AvgIpc) is 2.10. The average molecular weight is 195 g/mol. The van der Waals surface area contributed by atoms with Crippen LogP contribution < -0.4 is 5.32 Å². The topological polar surface area (TPSA) is 94.8 Å². The number of nitrogens with zero attached hydrogens (tertiary/aromatic N) is 2. The van der Waals surface area contributed by atoms with E-state index in [4.69, 9.17) is 10.3 Å². The second kappa shape index (κ2) is 4.22. The van der Waals surface area contributed by atoms with E-state index in [1.807, 2.05) is 0 Å². The van der Waals surface area contributed by atoms with Crippen molar-refractivity contribution in [2.75, 3.05) is 5.32 Å². The molecule has 14 heavy (non-hydrogen) atoms. The van der Waals surface area contributed by atoms with Gasteiger partial charge in [-0.15, -0.1) is 0 Å². The molecule has 0 radical (unpaired) electrons.